The van der Waals surface area contributed by atoms with Gasteiger partial charge in [-0.15, -0.1) is 11.8 Å². The average Bonchev–Trinajstić information content (AvgIpc) is 2.78. The van der Waals surface area contributed by atoms with Gasteiger partial charge in [-0.05, 0) is 36.7 Å². The number of aromatic nitrogens is 3. The smallest absolute Gasteiger partial charge is 0.181 e. The SMILES string of the molecule is CCn1nc(C)c(Br)c1CSc1sc(N)nc1C. The Balaban J connectivity index is 2.17. The Kier molecular flexibility index (Phi) is 4.34. The molecule has 98 valence electrons. The molecule has 0 bridgehead atoms. The minimum Gasteiger partial charge on any atom is -0.375 e. The maximum Gasteiger partial charge on any atom is 0.181 e. The highest BCUT2D eigenvalue weighted by atomic mass is 79.9. The molecular formula is C11H15BrN4S2. The van der Waals surface area contributed by atoms with E-state index >= 15 is 0 Å². The first kappa shape index (κ1) is 13.9. The lowest BCUT2D eigenvalue weighted by Crippen LogP contribution is -2.01. The highest BCUT2D eigenvalue weighted by Gasteiger charge is 2.14. The highest BCUT2D eigenvalue weighted by molar-refractivity contribution is 9.10. The van der Waals surface area contributed by atoms with Gasteiger partial charge in [0.25, 0.3) is 0 Å². The number of hydrogen-bond donors (Lipinski definition) is 1. The van der Waals surface area contributed by atoms with Gasteiger partial charge >= 0.3 is 0 Å². The van der Waals surface area contributed by atoms with Gasteiger partial charge in [0.1, 0.15) is 0 Å². The summed E-state index contributed by atoms with van der Waals surface area (Å²) >= 11 is 6.91. The van der Waals surface area contributed by atoms with Crippen molar-refractivity contribution in [3.05, 3.63) is 21.6 Å². The number of nitrogens with zero attached hydrogens (tertiary/aromatic N) is 3. The third-order valence-corrected chi connectivity index (χ3v) is 5.96. The van der Waals surface area contributed by atoms with Gasteiger partial charge in [0, 0.05) is 12.3 Å². The molecule has 0 saturated carbocycles. The molecule has 0 atom stereocenters. The molecule has 2 heterocycles. The zero-order chi connectivity index (χ0) is 13.3. The van der Waals surface area contributed by atoms with E-state index < -0.39 is 0 Å². The minimum atomic E-state index is 0.634. The first-order valence-electron chi connectivity index (χ1n) is 5.60. The van der Waals surface area contributed by atoms with Crippen molar-refractivity contribution >= 4 is 44.2 Å². The molecule has 2 aromatic heterocycles. The molecule has 0 aliphatic heterocycles. The monoisotopic (exact) mass is 346 g/mol. The summed E-state index contributed by atoms with van der Waals surface area (Å²) in [4.78, 5) is 4.23. The van der Waals surface area contributed by atoms with E-state index in [1.54, 1.807) is 23.1 Å². The van der Waals surface area contributed by atoms with Crippen molar-refractivity contribution < 1.29 is 0 Å². The summed E-state index contributed by atoms with van der Waals surface area (Å²) in [7, 11) is 0. The molecular weight excluding hydrogens is 332 g/mol. The Morgan fingerprint density at radius 2 is 2.11 bits per heavy atom. The van der Waals surface area contributed by atoms with Crippen molar-refractivity contribution in [1.29, 1.82) is 0 Å². The van der Waals surface area contributed by atoms with Crippen molar-refractivity contribution in [2.75, 3.05) is 5.73 Å². The second-order valence-corrected chi connectivity index (χ2v) is 6.94. The number of anilines is 1. The normalized spacial score (nSPS) is 11.1. The lowest BCUT2D eigenvalue weighted by Gasteiger charge is -2.04. The van der Waals surface area contributed by atoms with Gasteiger partial charge in [-0.1, -0.05) is 11.3 Å². The molecule has 4 nitrogen and oxygen atoms in total. The van der Waals surface area contributed by atoms with Gasteiger partial charge in [0.2, 0.25) is 0 Å². The van der Waals surface area contributed by atoms with Crippen molar-refractivity contribution in [3.63, 3.8) is 0 Å². The maximum atomic E-state index is 5.71. The third kappa shape index (κ3) is 2.73. The van der Waals surface area contributed by atoms with Crippen LogP contribution in [0.3, 0.4) is 0 Å². The Morgan fingerprint density at radius 1 is 1.39 bits per heavy atom. The number of nitrogen functional groups attached to an aromatic ring is 1. The molecule has 0 aromatic carbocycles. The van der Waals surface area contributed by atoms with Crippen LogP contribution >= 0.6 is 39.0 Å². The van der Waals surface area contributed by atoms with Crippen LogP contribution in [0.1, 0.15) is 24.0 Å². The molecule has 0 fully saturated rings. The third-order valence-electron chi connectivity index (χ3n) is 2.56. The predicted molar refractivity (Wildman–Crippen MR) is 81.2 cm³/mol. The number of hydrogen-bond acceptors (Lipinski definition) is 5. The summed E-state index contributed by atoms with van der Waals surface area (Å²) in [5, 5.41) is 5.12. The summed E-state index contributed by atoms with van der Waals surface area (Å²) in [6.07, 6.45) is 0. The molecule has 2 rings (SSSR count). The summed E-state index contributed by atoms with van der Waals surface area (Å²) in [5.74, 6) is 0.873. The fourth-order valence-electron chi connectivity index (χ4n) is 1.68. The van der Waals surface area contributed by atoms with Crippen LogP contribution in [-0.2, 0) is 12.3 Å². The molecule has 0 aliphatic carbocycles. The van der Waals surface area contributed by atoms with E-state index in [-0.39, 0.29) is 0 Å². The van der Waals surface area contributed by atoms with Gasteiger partial charge in [0.05, 0.1) is 25.8 Å². The first-order chi connectivity index (χ1) is 8.52. The van der Waals surface area contributed by atoms with E-state index in [0.717, 1.165) is 28.2 Å². The topological polar surface area (TPSA) is 56.7 Å². The van der Waals surface area contributed by atoms with E-state index in [0.29, 0.717) is 5.13 Å². The van der Waals surface area contributed by atoms with Crippen LogP contribution in [0.2, 0.25) is 0 Å². The van der Waals surface area contributed by atoms with Gasteiger partial charge in [0.15, 0.2) is 5.13 Å². The van der Waals surface area contributed by atoms with Crippen molar-refractivity contribution in [2.24, 2.45) is 0 Å². The lowest BCUT2D eigenvalue weighted by molar-refractivity contribution is 0.631. The van der Waals surface area contributed by atoms with Gasteiger partial charge < -0.3 is 5.73 Å². The maximum absolute atomic E-state index is 5.71. The standard InChI is InChI=1S/C11H15BrN4S2/c1-4-16-8(9(12)6(2)15-16)5-17-10-7(3)14-11(13)18-10/h4-5H2,1-3H3,(H2,13,14). The zero-order valence-corrected chi connectivity index (χ0v) is 13.7. The Labute approximate surface area is 123 Å². The molecule has 0 aliphatic rings. The summed E-state index contributed by atoms with van der Waals surface area (Å²) in [5.41, 5.74) is 8.97. The van der Waals surface area contributed by atoms with Crippen LogP contribution in [0.4, 0.5) is 5.13 Å². The molecule has 2 N–H and O–H groups in total. The summed E-state index contributed by atoms with van der Waals surface area (Å²) < 4.78 is 4.32. The van der Waals surface area contributed by atoms with Gasteiger partial charge in [-0.3, -0.25) is 4.68 Å². The zero-order valence-electron chi connectivity index (χ0n) is 10.5. The minimum absolute atomic E-state index is 0.634. The lowest BCUT2D eigenvalue weighted by atomic mass is 10.4. The van der Waals surface area contributed by atoms with E-state index in [9.17, 15) is 0 Å². The Bertz CT molecular complexity index is 562. The largest absolute Gasteiger partial charge is 0.375 e. The van der Waals surface area contributed by atoms with Gasteiger partial charge in [-0.2, -0.15) is 5.10 Å². The van der Waals surface area contributed by atoms with Crippen LogP contribution in [0.5, 0.6) is 0 Å². The fourth-order valence-corrected chi connectivity index (χ4v) is 4.34. The molecule has 0 radical (unpaired) electrons. The Hall–Kier alpha value is -0.530. The number of thiazole rings is 1. The van der Waals surface area contributed by atoms with Crippen molar-refractivity contribution in [3.8, 4) is 0 Å². The molecule has 2 aromatic rings. The number of halogens is 1. The number of rotatable bonds is 4. The second kappa shape index (κ2) is 5.63. The van der Waals surface area contributed by atoms with Crippen LogP contribution in [0.15, 0.2) is 8.68 Å². The summed E-state index contributed by atoms with van der Waals surface area (Å²) in [6, 6.07) is 0. The second-order valence-electron chi connectivity index (χ2n) is 3.88. The molecule has 0 saturated heterocycles. The predicted octanol–water partition coefficient (Wildman–Crippen LogP) is 3.61. The van der Waals surface area contributed by atoms with Crippen molar-refractivity contribution in [1.82, 2.24) is 14.8 Å². The van der Waals surface area contributed by atoms with Crippen LogP contribution in [0, 0.1) is 13.8 Å². The molecule has 7 heteroatoms. The number of aryl methyl sites for hydroxylation is 3. The molecule has 0 unspecified atom stereocenters. The van der Waals surface area contributed by atoms with Crippen LogP contribution in [0.25, 0.3) is 0 Å². The molecule has 18 heavy (non-hydrogen) atoms. The average molecular weight is 347 g/mol. The van der Waals surface area contributed by atoms with Crippen LogP contribution < -0.4 is 5.73 Å². The van der Waals surface area contributed by atoms with E-state index in [2.05, 4.69) is 32.9 Å². The molecule has 0 amide bonds. The number of thioether (sulfide) groups is 1. The molecule has 0 spiro atoms. The van der Waals surface area contributed by atoms with E-state index in [1.807, 2.05) is 18.5 Å². The van der Waals surface area contributed by atoms with E-state index in [1.165, 1.54) is 9.90 Å². The van der Waals surface area contributed by atoms with E-state index in [4.69, 9.17) is 5.73 Å². The fraction of sp³-hybridized carbons (Fsp3) is 0.455. The highest BCUT2D eigenvalue weighted by Crippen LogP contribution is 2.34. The Morgan fingerprint density at radius 3 is 2.67 bits per heavy atom. The number of nitrogens with two attached hydrogens (primary N) is 1. The quantitative estimate of drug-likeness (QED) is 0.859. The van der Waals surface area contributed by atoms with Crippen molar-refractivity contribution in [2.45, 2.75) is 37.3 Å². The first-order valence-corrected chi connectivity index (χ1v) is 8.20. The summed E-state index contributed by atoms with van der Waals surface area (Å²) in [6.45, 7) is 6.99. The van der Waals surface area contributed by atoms with Crippen LogP contribution in [-0.4, -0.2) is 14.8 Å². The van der Waals surface area contributed by atoms with Gasteiger partial charge in [-0.25, -0.2) is 4.98 Å².